The third-order valence-corrected chi connectivity index (χ3v) is 6.01. The van der Waals surface area contributed by atoms with Crippen molar-refractivity contribution in [2.75, 3.05) is 31.5 Å². The first kappa shape index (κ1) is 20.5. The summed E-state index contributed by atoms with van der Waals surface area (Å²) in [7, 11) is 0. The van der Waals surface area contributed by atoms with E-state index in [4.69, 9.17) is 16.3 Å². The lowest BCUT2D eigenvalue weighted by molar-refractivity contribution is -0.121. The van der Waals surface area contributed by atoms with Crippen LogP contribution in [0.2, 0.25) is 5.02 Å². The van der Waals surface area contributed by atoms with Gasteiger partial charge in [0.1, 0.15) is 11.5 Å². The molecule has 2 saturated heterocycles. The van der Waals surface area contributed by atoms with Crippen LogP contribution in [0.25, 0.3) is 0 Å². The maximum absolute atomic E-state index is 12.6. The summed E-state index contributed by atoms with van der Waals surface area (Å²) >= 11 is 6.12. The van der Waals surface area contributed by atoms with Gasteiger partial charge in [0.05, 0.1) is 5.02 Å². The van der Waals surface area contributed by atoms with Crippen LogP contribution in [0.4, 0.5) is 10.5 Å². The van der Waals surface area contributed by atoms with Crippen LogP contribution in [-0.2, 0) is 4.79 Å². The number of halogens is 1. The number of benzene rings is 2. The molecular formula is C23H26ClN3O3. The van der Waals surface area contributed by atoms with Gasteiger partial charge in [0.15, 0.2) is 0 Å². The number of carbonyl (C=O) groups excluding carboxylic acids is 2. The molecular weight excluding hydrogens is 402 g/mol. The highest BCUT2D eigenvalue weighted by atomic mass is 35.5. The lowest BCUT2D eigenvalue weighted by atomic mass is 9.96. The van der Waals surface area contributed by atoms with E-state index in [1.165, 1.54) is 0 Å². The molecule has 3 amide bonds. The molecule has 0 unspecified atom stereocenters. The summed E-state index contributed by atoms with van der Waals surface area (Å²) in [6.45, 7) is 2.99. The summed E-state index contributed by atoms with van der Waals surface area (Å²) in [5.74, 6) is 1.16. The van der Waals surface area contributed by atoms with Crippen LogP contribution in [0.5, 0.6) is 11.5 Å². The van der Waals surface area contributed by atoms with Crippen molar-refractivity contribution in [3.63, 3.8) is 0 Å². The van der Waals surface area contributed by atoms with Crippen LogP contribution in [-0.4, -0.2) is 47.9 Å². The second-order valence-corrected chi connectivity index (χ2v) is 8.19. The normalized spacial score (nSPS) is 17.1. The summed E-state index contributed by atoms with van der Waals surface area (Å²) in [5.41, 5.74) is 0.724. The van der Waals surface area contributed by atoms with E-state index in [1.54, 1.807) is 24.3 Å². The van der Waals surface area contributed by atoms with Crippen molar-refractivity contribution < 1.29 is 14.3 Å². The molecule has 0 aromatic heterocycles. The molecule has 0 spiro atoms. The molecule has 2 aliphatic rings. The van der Waals surface area contributed by atoms with Gasteiger partial charge in [-0.05, 0) is 62.1 Å². The number of piperidine rings is 1. The molecule has 158 valence electrons. The second kappa shape index (κ2) is 9.39. The number of hydrogen-bond acceptors (Lipinski definition) is 3. The molecule has 0 saturated carbocycles. The molecule has 2 aromatic rings. The van der Waals surface area contributed by atoms with Gasteiger partial charge in [0.2, 0.25) is 5.91 Å². The number of hydrogen-bond donors (Lipinski definition) is 1. The first-order valence-corrected chi connectivity index (χ1v) is 10.8. The average molecular weight is 428 g/mol. The highest BCUT2D eigenvalue weighted by molar-refractivity contribution is 6.32. The van der Waals surface area contributed by atoms with Crippen molar-refractivity contribution in [2.45, 2.75) is 25.7 Å². The Morgan fingerprint density at radius 2 is 1.53 bits per heavy atom. The van der Waals surface area contributed by atoms with Gasteiger partial charge in [-0.2, -0.15) is 0 Å². The van der Waals surface area contributed by atoms with Crippen LogP contribution in [0.3, 0.4) is 0 Å². The molecule has 6 nitrogen and oxygen atoms in total. The van der Waals surface area contributed by atoms with Crippen molar-refractivity contribution in [2.24, 2.45) is 5.92 Å². The van der Waals surface area contributed by atoms with Crippen molar-refractivity contribution in [3.05, 3.63) is 53.6 Å². The van der Waals surface area contributed by atoms with Gasteiger partial charge in [0.25, 0.3) is 0 Å². The van der Waals surface area contributed by atoms with Gasteiger partial charge in [0, 0.05) is 37.8 Å². The summed E-state index contributed by atoms with van der Waals surface area (Å²) < 4.78 is 5.78. The van der Waals surface area contributed by atoms with Crippen molar-refractivity contribution >= 4 is 29.2 Å². The number of amides is 3. The van der Waals surface area contributed by atoms with Crippen molar-refractivity contribution in [3.8, 4) is 11.5 Å². The molecule has 2 aromatic carbocycles. The van der Waals surface area contributed by atoms with Gasteiger partial charge < -0.3 is 19.9 Å². The molecule has 0 atom stereocenters. The zero-order chi connectivity index (χ0) is 20.9. The number of nitrogens with one attached hydrogen (secondary N) is 1. The minimum absolute atomic E-state index is 0.00282. The van der Waals surface area contributed by atoms with Gasteiger partial charge >= 0.3 is 6.03 Å². The first-order valence-electron chi connectivity index (χ1n) is 10.5. The Labute approximate surface area is 181 Å². The van der Waals surface area contributed by atoms with E-state index >= 15 is 0 Å². The number of urea groups is 1. The highest BCUT2D eigenvalue weighted by Crippen LogP contribution is 2.29. The van der Waals surface area contributed by atoms with Crippen molar-refractivity contribution in [1.29, 1.82) is 0 Å². The van der Waals surface area contributed by atoms with Crippen LogP contribution < -0.4 is 10.1 Å². The standard InChI is InChI=1S/C23H26ClN3O3/c24-20-5-1-2-6-21(20)30-19-9-7-18(8-10-19)25-22(28)17-11-15-27(16-12-17)23(29)26-13-3-4-14-26/h1-2,5-10,17H,3-4,11-16H2,(H,25,28). The van der Waals surface area contributed by atoms with E-state index in [-0.39, 0.29) is 17.9 Å². The van der Waals surface area contributed by atoms with Crippen LogP contribution in [0, 0.1) is 5.92 Å². The predicted molar refractivity (Wildman–Crippen MR) is 117 cm³/mol. The van der Waals surface area contributed by atoms with Gasteiger partial charge in [-0.3, -0.25) is 4.79 Å². The Hall–Kier alpha value is -2.73. The SMILES string of the molecule is O=C(Nc1ccc(Oc2ccccc2Cl)cc1)C1CCN(C(=O)N2CCCC2)CC1. The van der Waals surface area contributed by atoms with E-state index in [9.17, 15) is 9.59 Å². The quantitative estimate of drug-likeness (QED) is 0.746. The van der Waals surface area contributed by atoms with Gasteiger partial charge in [-0.15, -0.1) is 0 Å². The van der Waals surface area contributed by atoms with Crippen molar-refractivity contribution in [1.82, 2.24) is 9.80 Å². The fraction of sp³-hybridized carbons (Fsp3) is 0.391. The predicted octanol–water partition coefficient (Wildman–Crippen LogP) is 5.00. The number of carbonyl (C=O) groups is 2. The number of nitrogens with zero attached hydrogens (tertiary/aromatic N) is 2. The monoisotopic (exact) mass is 427 g/mol. The van der Waals surface area contributed by atoms with Gasteiger partial charge in [-0.1, -0.05) is 23.7 Å². The third kappa shape index (κ3) is 4.87. The maximum Gasteiger partial charge on any atom is 0.319 e. The Morgan fingerprint density at radius 1 is 0.900 bits per heavy atom. The van der Waals surface area contributed by atoms with E-state index < -0.39 is 0 Å². The molecule has 30 heavy (non-hydrogen) atoms. The lowest BCUT2D eigenvalue weighted by Gasteiger charge is -2.34. The fourth-order valence-corrected chi connectivity index (χ4v) is 4.12. The van der Waals surface area contributed by atoms with Crippen LogP contribution >= 0.6 is 11.6 Å². The number of ether oxygens (including phenoxy) is 1. The zero-order valence-electron chi connectivity index (χ0n) is 16.9. The van der Waals surface area contributed by atoms with Gasteiger partial charge in [-0.25, -0.2) is 4.79 Å². The number of rotatable bonds is 4. The summed E-state index contributed by atoms with van der Waals surface area (Å²) in [6, 6.07) is 14.6. The molecule has 2 heterocycles. The number of likely N-dealkylation sites (tertiary alicyclic amines) is 2. The molecule has 7 heteroatoms. The minimum Gasteiger partial charge on any atom is -0.456 e. The second-order valence-electron chi connectivity index (χ2n) is 7.78. The van der Waals surface area contributed by atoms with E-state index in [0.717, 1.165) is 31.6 Å². The Balaban J connectivity index is 1.27. The fourth-order valence-electron chi connectivity index (χ4n) is 3.95. The highest BCUT2D eigenvalue weighted by Gasteiger charge is 2.30. The third-order valence-electron chi connectivity index (χ3n) is 5.70. The molecule has 2 aliphatic heterocycles. The topological polar surface area (TPSA) is 61.9 Å². The molecule has 4 rings (SSSR count). The van der Waals surface area contributed by atoms with Crippen LogP contribution in [0.15, 0.2) is 48.5 Å². The average Bonchev–Trinajstić information content (AvgIpc) is 3.31. The van der Waals surface area contributed by atoms with E-state index in [2.05, 4.69) is 5.32 Å². The lowest BCUT2D eigenvalue weighted by Crippen LogP contribution is -2.47. The summed E-state index contributed by atoms with van der Waals surface area (Å²) in [6.07, 6.45) is 3.57. The smallest absolute Gasteiger partial charge is 0.319 e. The zero-order valence-corrected chi connectivity index (χ0v) is 17.6. The Kier molecular flexibility index (Phi) is 6.43. The Bertz CT molecular complexity index is 889. The number of anilines is 1. The molecule has 0 bridgehead atoms. The summed E-state index contributed by atoms with van der Waals surface area (Å²) in [5, 5.41) is 3.52. The van der Waals surface area contributed by atoms with E-state index in [1.807, 2.05) is 34.1 Å². The minimum atomic E-state index is -0.0771. The molecule has 0 radical (unpaired) electrons. The number of para-hydroxylation sites is 1. The molecule has 2 fully saturated rings. The van der Waals surface area contributed by atoms with Crippen LogP contribution in [0.1, 0.15) is 25.7 Å². The maximum atomic E-state index is 12.6. The summed E-state index contributed by atoms with van der Waals surface area (Å²) in [4.78, 5) is 28.9. The Morgan fingerprint density at radius 3 is 2.20 bits per heavy atom. The first-order chi connectivity index (χ1) is 14.6. The molecule has 0 aliphatic carbocycles. The van der Waals surface area contributed by atoms with E-state index in [0.29, 0.717) is 42.5 Å². The largest absolute Gasteiger partial charge is 0.456 e. The molecule has 1 N–H and O–H groups in total.